The molecule has 0 aliphatic carbocycles. The van der Waals surface area contributed by atoms with E-state index in [2.05, 4.69) is 47.1 Å². The molecule has 0 saturated carbocycles. The molecule has 1 amide bonds. The number of amides is 1. The zero-order valence-electron chi connectivity index (χ0n) is 19.5. The zero-order chi connectivity index (χ0) is 22.8. The molecule has 1 aromatic carbocycles. The number of carbonyl (C=O) groups is 1. The van der Waals surface area contributed by atoms with Gasteiger partial charge in [0, 0.05) is 62.8 Å². The SMILES string of the molecule is CCCN(C)c1cc(CC)nc(SCc2ccc(C(=O)NCCN3CCOCC3)cc2)n1. The number of nitrogens with one attached hydrogen (secondary N) is 1. The molecule has 1 N–H and O–H groups in total. The Bertz CT molecular complexity index is 856. The van der Waals surface area contributed by atoms with Crippen molar-refractivity contribution in [2.75, 3.05) is 57.9 Å². The first-order chi connectivity index (χ1) is 15.6. The average Bonchev–Trinajstić information content (AvgIpc) is 2.83. The highest BCUT2D eigenvalue weighted by molar-refractivity contribution is 7.98. The van der Waals surface area contributed by atoms with Crippen molar-refractivity contribution in [2.24, 2.45) is 0 Å². The summed E-state index contributed by atoms with van der Waals surface area (Å²) in [7, 11) is 2.07. The predicted octanol–water partition coefficient (Wildman–Crippen LogP) is 3.24. The Morgan fingerprint density at radius 3 is 2.62 bits per heavy atom. The third kappa shape index (κ3) is 7.46. The summed E-state index contributed by atoms with van der Waals surface area (Å²) in [5.41, 5.74) is 2.90. The summed E-state index contributed by atoms with van der Waals surface area (Å²) >= 11 is 1.63. The van der Waals surface area contributed by atoms with E-state index in [0.29, 0.717) is 12.1 Å². The fourth-order valence-corrected chi connectivity index (χ4v) is 4.33. The second kappa shape index (κ2) is 12.8. The number of hydrogen-bond donors (Lipinski definition) is 1. The number of carbonyl (C=O) groups excluding carboxylic acids is 1. The number of nitrogens with zero attached hydrogens (tertiary/aromatic N) is 4. The first-order valence-electron chi connectivity index (χ1n) is 11.5. The van der Waals surface area contributed by atoms with Crippen LogP contribution in [-0.2, 0) is 16.9 Å². The van der Waals surface area contributed by atoms with Crippen LogP contribution in [0.2, 0.25) is 0 Å². The smallest absolute Gasteiger partial charge is 0.251 e. The number of benzene rings is 1. The van der Waals surface area contributed by atoms with E-state index in [9.17, 15) is 4.79 Å². The highest BCUT2D eigenvalue weighted by Gasteiger charge is 2.12. The van der Waals surface area contributed by atoms with Crippen LogP contribution in [0.1, 0.15) is 41.9 Å². The Morgan fingerprint density at radius 1 is 1.19 bits per heavy atom. The Labute approximate surface area is 195 Å². The molecule has 3 rings (SSSR count). The molecule has 8 heteroatoms. The Kier molecular flexibility index (Phi) is 9.77. The van der Waals surface area contributed by atoms with E-state index in [4.69, 9.17) is 9.72 Å². The molecule has 174 valence electrons. The quantitative estimate of drug-likeness (QED) is 0.410. The fraction of sp³-hybridized carbons (Fsp3) is 0.542. The minimum absolute atomic E-state index is 0.0277. The lowest BCUT2D eigenvalue weighted by molar-refractivity contribution is 0.0383. The van der Waals surface area contributed by atoms with Crippen LogP contribution in [0.5, 0.6) is 0 Å². The minimum Gasteiger partial charge on any atom is -0.379 e. The second-order valence-corrected chi connectivity index (χ2v) is 8.91. The standard InChI is InChI=1S/C24H35N5O2S/c1-4-11-28(3)22-17-21(5-2)26-24(27-22)32-18-19-6-8-20(9-7-19)23(30)25-10-12-29-13-15-31-16-14-29/h6-9,17H,4-5,10-16,18H2,1-3H3,(H,25,30). The largest absolute Gasteiger partial charge is 0.379 e. The van der Waals surface area contributed by atoms with Gasteiger partial charge in [0.05, 0.1) is 13.2 Å². The second-order valence-electron chi connectivity index (χ2n) is 7.97. The molecule has 7 nitrogen and oxygen atoms in total. The number of morpholine rings is 1. The van der Waals surface area contributed by atoms with Crippen LogP contribution in [0.25, 0.3) is 0 Å². The Balaban J connectivity index is 1.50. The van der Waals surface area contributed by atoms with Crippen LogP contribution in [0.3, 0.4) is 0 Å². The van der Waals surface area contributed by atoms with Crippen molar-refractivity contribution in [3.05, 3.63) is 47.2 Å². The van der Waals surface area contributed by atoms with E-state index < -0.39 is 0 Å². The zero-order valence-corrected chi connectivity index (χ0v) is 20.3. The lowest BCUT2D eigenvalue weighted by atomic mass is 10.1. The van der Waals surface area contributed by atoms with Crippen LogP contribution in [0, 0.1) is 0 Å². The molecular weight excluding hydrogens is 422 g/mol. The lowest BCUT2D eigenvalue weighted by Gasteiger charge is -2.26. The molecule has 0 spiro atoms. The maximum atomic E-state index is 12.4. The third-order valence-electron chi connectivity index (χ3n) is 5.46. The van der Waals surface area contributed by atoms with E-state index in [1.54, 1.807) is 11.8 Å². The van der Waals surface area contributed by atoms with Gasteiger partial charge in [-0.25, -0.2) is 9.97 Å². The van der Waals surface area contributed by atoms with Gasteiger partial charge in [0.25, 0.3) is 5.91 Å². The normalized spacial score (nSPS) is 14.3. The van der Waals surface area contributed by atoms with Gasteiger partial charge in [0.15, 0.2) is 5.16 Å². The molecule has 0 atom stereocenters. The molecule has 2 aromatic rings. The van der Waals surface area contributed by atoms with Crippen molar-refractivity contribution in [2.45, 2.75) is 37.6 Å². The summed E-state index contributed by atoms with van der Waals surface area (Å²) in [5, 5.41) is 3.81. The highest BCUT2D eigenvalue weighted by atomic mass is 32.2. The van der Waals surface area contributed by atoms with E-state index >= 15 is 0 Å². The molecule has 0 unspecified atom stereocenters. The maximum absolute atomic E-state index is 12.4. The van der Waals surface area contributed by atoms with Crippen molar-refractivity contribution in [1.82, 2.24) is 20.2 Å². The van der Waals surface area contributed by atoms with Crippen molar-refractivity contribution in [3.8, 4) is 0 Å². The van der Waals surface area contributed by atoms with Crippen molar-refractivity contribution >= 4 is 23.5 Å². The third-order valence-corrected chi connectivity index (χ3v) is 6.38. The Morgan fingerprint density at radius 2 is 1.94 bits per heavy atom. The molecule has 1 saturated heterocycles. The molecule has 1 aromatic heterocycles. The van der Waals surface area contributed by atoms with Crippen LogP contribution in [-0.4, -0.2) is 73.8 Å². The van der Waals surface area contributed by atoms with Gasteiger partial charge in [0.1, 0.15) is 5.82 Å². The summed E-state index contributed by atoms with van der Waals surface area (Å²) in [5.74, 6) is 1.72. The lowest BCUT2D eigenvalue weighted by Crippen LogP contribution is -2.41. The molecule has 1 aliphatic heterocycles. The predicted molar refractivity (Wildman–Crippen MR) is 131 cm³/mol. The molecule has 32 heavy (non-hydrogen) atoms. The summed E-state index contributed by atoms with van der Waals surface area (Å²) < 4.78 is 5.35. The van der Waals surface area contributed by atoms with Crippen molar-refractivity contribution in [3.63, 3.8) is 0 Å². The summed E-state index contributed by atoms with van der Waals surface area (Å²) in [6, 6.07) is 9.88. The number of rotatable bonds is 11. The molecule has 2 heterocycles. The minimum atomic E-state index is -0.0277. The number of thioether (sulfide) groups is 1. The topological polar surface area (TPSA) is 70.6 Å². The average molecular weight is 458 g/mol. The van der Waals surface area contributed by atoms with Gasteiger partial charge in [0.2, 0.25) is 0 Å². The first kappa shape index (κ1) is 24.5. The van der Waals surface area contributed by atoms with Crippen LogP contribution >= 0.6 is 11.8 Å². The van der Waals surface area contributed by atoms with Gasteiger partial charge in [-0.05, 0) is 30.5 Å². The monoisotopic (exact) mass is 457 g/mol. The molecular formula is C24H35N5O2S. The number of ether oxygens (including phenoxy) is 1. The van der Waals surface area contributed by atoms with Crippen LogP contribution in [0.4, 0.5) is 5.82 Å². The molecule has 1 fully saturated rings. The summed E-state index contributed by atoms with van der Waals surface area (Å²) in [6.45, 7) is 10.2. The number of hydrogen-bond acceptors (Lipinski definition) is 7. The van der Waals surface area contributed by atoms with Gasteiger partial charge < -0.3 is 15.0 Å². The van der Waals surface area contributed by atoms with Gasteiger partial charge in [-0.3, -0.25) is 9.69 Å². The van der Waals surface area contributed by atoms with Crippen molar-refractivity contribution < 1.29 is 9.53 Å². The number of aryl methyl sites for hydroxylation is 1. The molecule has 1 aliphatic rings. The van der Waals surface area contributed by atoms with Gasteiger partial charge >= 0.3 is 0 Å². The van der Waals surface area contributed by atoms with Gasteiger partial charge in [-0.15, -0.1) is 0 Å². The van der Waals surface area contributed by atoms with Crippen LogP contribution in [0.15, 0.2) is 35.5 Å². The van der Waals surface area contributed by atoms with Crippen molar-refractivity contribution in [1.29, 1.82) is 0 Å². The summed E-state index contributed by atoms with van der Waals surface area (Å²) in [6.07, 6.45) is 1.97. The first-order valence-corrected chi connectivity index (χ1v) is 12.5. The van der Waals surface area contributed by atoms with Gasteiger partial charge in [-0.1, -0.05) is 37.7 Å². The summed E-state index contributed by atoms with van der Waals surface area (Å²) in [4.78, 5) is 26.3. The fourth-order valence-electron chi connectivity index (χ4n) is 3.51. The van der Waals surface area contributed by atoms with Gasteiger partial charge in [-0.2, -0.15) is 0 Å². The molecule has 0 radical (unpaired) electrons. The van der Waals surface area contributed by atoms with E-state index in [1.165, 1.54) is 0 Å². The Hall–Kier alpha value is -2.16. The van der Waals surface area contributed by atoms with E-state index in [1.807, 2.05) is 24.3 Å². The van der Waals surface area contributed by atoms with Crippen LogP contribution < -0.4 is 10.2 Å². The molecule has 0 bridgehead atoms. The number of aromatic nitrogens is 2. The number of anilines is 1. The van der Waals surface area contributed by atoms with E-state index in [0.717, 1.165) is 80.2 Å². The van der Waals surface area contributed by atoms with E-state index in [-0.39, 0.29) is 5.91 Å². The maximum Gasteiger partial charge on any atom is 0.251 e. The highest BCUT2D eigenvalue weighted by Crippen LogP contribution is 2.23.